The quantitative estimate of drug-likeness (QED) is 0.705. The van der Waals surface area contributed by atoms with Crippen LogP contribution in [-0.2, 0) is 6.54 Å². The van der Waals surface area contributed by atoms with Crippen molar-refractivity contribution in [3.8, 4) is 17.0 Å². The highest BCUT2D eigenvalue weighted by atomic mass is 19.1. The van der Waals surface area contributed by atoms with Gasteiger partial charge >= 0.3 is 5.95 Å². The molecule has 1 aliphatic rings. The third kappa shape index (κ3) is 2.51. The van der Waals surface area contributed by atoms with Gasteiger partial charge in [-0.1, -0.05) is 0 Å². The van der Waals surface area contributed by atoms with Gasteiger partial charge < -0.3 is 5.11 Å². The largest absolute Gasteiger partial charge is 0.505 e. The molecule has 2 heterocycles. The lowest BCUT2D eigenvalue weighted by atomic mass is 10.1. The van der Waals surface area contributed by atoms with Crippen molar-refractivity contribution in [2.45, 2.75) is 6.54 Å². The van der Waals surface area contributed by atoms with Gasteiger partial charge in [-0.25, -0.2) is 13.3 Å². The fourth-order valence-electron chi connectivity index (χ4n) is 3.11. The van der Waals surface area contributed by atoms with E-state index in [0.717, 1.165) is 11.6 Å². The molecule has 0 bridgehead atoms. The molecule has 0 amide bonds. The van der Waals surface area contributed by atoms with E-state index in [2.05, 4.69) is 4.98 Å². The zero-order chi connectivity index (χ0) is 17.6. The molecule has 0 saturated carbocycles. The van der Waals surface area contributed by atoms with Gasteiger partial charge in [-0.2, -0.15) is 4.98 Å². The minimum atomic E-state index is -0.683. The number of benzene rings is 2. The molecule has 0 aliphatic carbocycles. The summed E-state index contributed by atoms with van der Waals surface area (Å²) in [6, 6.07) is 10.5. The molecule has 2 aromatic carbocycles. The Balaban J connectivity index is 1.82. The van der Waals surface area contributed by atoms with Crippen LogP contribution < -0.4 is 4.48 Å². The third-order valence-corrected chi connectivity index (χ3v) is 4.48. The van der Waals surface area contributed by atoms with Gasteiger partial charge in [0.1, 0.15) is 17.7 Å². The molecule has 0 radical (unpaired) electrons. The van der Waals surface area contributed by atoms with Gasteiger partial charge in [0.05, 0.1) is 19.3 Å². The predicted molar refractivity (Wildman–Crippen MR) is 92.2 cm³/mol. The number of aromatic nitrogens is 2. The lowest BCUT2D eigenvalue weighted by Crippen LogP contribution is -2.38. The first kappa shape index (κ1) is 15.5. The van der Waals surface area contributed by atoms with E-state index in [1.165, 1.54) is 24.3 Å². The molecular formula is C19H16F2N3O+. The topological polar surface area (TPSA) is 38.0 Å². The minimum absolute atomic E-state index is 0.279. The van der Waals surface area contributed by atoms with E-state index >= 15 is 0 Å². The number of rotatable bonds is 2. The maximum absolute atomic E-state index is 13.7. The molecule has 4 nitrogen and oxygen atoms in total. The summed E-state index contributed by atoms with van der Waals surface area (Å²) in [5.41, 5.74) is 2.07. The normalized spacial score (nSPS) is 19.0. The van der Waals surface area contributed by atoms with Crippen molar-refractivity contribution in [3.05, 3.63) is 72.6 Å². The number of quaternary nitrogens is 1. The molecule has 0 saturated heterocycles. The highest BCUT2D eigenvalue weighted by Crippen LogP contribution is 2.37. The smallest absolute Gasteiger partial charge is 0.319 e. The van der Waals surface area contributed by atoms with Gasteiger partial charge in [-0.3, -0.25) is 4.57 Å². The molecule has 0 fully saturated rings. The zero-order valence-electron chi connectivity index (χ0n) is 13.5. The Bertz CT molecular complexity index is 979. The number of allylic oxidation sites excluding steroid dienone is 1. The average molecular weight is 340 g/mol. The summed E-state index contributed by atoms with van der Waals surface area (Å²) >= 11 is 0. The Morgan fingerprint density at radius 2 is 1.88 bits per heavy atom. The van der Waals surface area contributed by atoms with Crippen LogP contribution in [0.4, 0.5) is 20.4 Å². The van der Waals surface area contributed by atoms with E-state index in [1.807, 2.05) is 30.1 Å². The van der Waals surface area contributed by atoms with Crippen LogP contribution in [-0.4, -0.2) is 21.7 Å². The van der Waals surface area contributed by atoms with Crippen LogP contribution in [0.25, 0.3) is 11.3 Å². The molecule has 126 valence electrons. The number of imidazole rings is 1. The van der Waals surface area contributed by atoms with Crippen molar-refractivity contribution >= 4 is 11.6 Å². The van der Waals surface area contributed by atoms with Crippen LogP contribution in [0.5, 0.6) is 5.75 Å². The second kappa shape index (κ2) is 5.53. The summed E-state index contributed by atoms with van der Waals surface area (Å²) < 4.78 is 29.2. The van der Waals surface area contributed by atoms with E-state index in [0.29, 0.717) is 17.8 Å². The molecule has 1 N–H and O–H groups in total. The van der Waals surface area contributed by atoms with Crippen LogP contribution in [0, 0.1) is 11.6 Å². The van der Waals surface area contributed by atoms with Gasteiger partial charge in [-0.15, -0.1) is 0 Å². The molecule has 3 aromatic rings. The monoisotopic (exact) mass is 340 g/mol. The van der Waals surface area contributed by atoms with Gasteiger partial charge in [0.25, 0.3) is 0 Å². The van der Waals surface area contributed by atoms with Crippen molar-refractivity contribution in [1.29, 1.82) is 0 Å². The molecular weight excluding hydrogens is 324 g/mol. The number of halogens is 2. The molecule has 4 rings (SSSR count). The summed E-state index contributed by atoms with van der Waals surface area (Å²) in [7, 11) is 1.96. The number of fused-ring (bicyclic) bond motifs is 1. The Morgan fingerprint density at radius 3 is 2.60 bits per heavy atom. The number of nitrogens with zero attached hydrogens (tertiary/aromatic N) is 3. The fourth-order valence-corrected chi connectivity index (χ4v) is 3.11. The third-order valence-electron chi connectivity index (χ3n) is 4.48. The number of phenols is 1. The standard InChI is InChI=1S/C19H15F2N3O/c1-24(15-6-4-14(20)5-7-15)10-2-9-23-12-17(22-19(23)24)13-3-8-18(25)16(21)11-13/h2-8,10-12H,9H2,1H3/p+1. The predicted octanol–water partition coefficient (Wildman–Crippen LogP) is 4.33. The van der Waals surface area contributed by atoms with Crippen LogP contribution in [0.1, 0.15) is 0 Å². The summed E-state index contributed by atoms with van der Waals surface area (Å²) in [6.45, 7) is 0.651. The molecule has 1 aromatic heterocycles. The summed E-state index contributed by atoms with van der Waals surface area (Å²) in [5, 5.41) is 9.36. The van der Waals surface area contributed by atoms with Gasteiger partial charge in [0.15, 0.2) is 11.6 Å². The van der Waals surface area contributed by atoms with Crippen molar-refractivity contribution in [3.63, 3.8) is 0 Å². The van der Waals surface area contributed by atoms with Crippen molar-refractivity contribution < 1.29 is 13.9 Å². The van der Waals surface area contributed by atoms with Gasteiger partial charge in [0.2, 0.25) is 0 Å². The van der Waals surface area contributed by atoms with E-state index in [-0.39, 0.29) is 16.0 Å². The first-order valence-electron chi connectivity index (χ1n) is 7.84. The summed E-state index contributed by atoms with van der Waals surface area (Å²) in [5.74, 6) is -0.615. The summed E-state index contributed by atoms with van der Waals surface area (Å²) in [4.78, 5) is 4.69. The van der Waals surface area contributed by atoms with E-state index in [4.69, 9.17) is 0 Å². The minimum Gasteiger partial charge on any atom is -0.505 e. The van der Waals surface area contributed by atoms with E-state index in [1.54, 1.807) is 18.2 Å². The SMILES string of the molecule is C[N+]1(c2ccc(F)cc2)C=CCn2cc(-c3ccc(O)c(F)c3)nc21. The zero-order valence-corrected chi connectivity index (χ0v) is 13.5. The highest BCUT2D eigenvalue weighted by Gasteiger charge is 2.34. The lowest BCUT2D eigenvalue weighted by Gasteiger charge is -2.30. The first-order chi connectivity index (χ1) is 12.0. The molecule has 1 unspecified atom stereocenters. The Morgan fingerprint density at radius 1 is 1.12 bits per heavy atom. The second-order valence-electron chi connectivity index (χ2n) is 6.18. The summed E-state index contributed by atoms with van der Waals surface area (Å²) in [6.07, 6.45) is 5.86. The lowest BCUT2D eigenvalue weighted by molar-refractivity contribution is 0.432. The molecule has 6 heteroatoms. The molecule has 1 aliphatic heterocycles. The van der Waals surface area contributed by atoms with Gasteiger partial charge in [-0.05, 0) is 36.4 Å². The Kier molecular flexibility index (Phi) is 3.43. The van der Waals surface area contributed by atoms with E-state index in [9.17, 15) is 13.9 Å². The maximum atomic E-state index is 13.7. The van der Waals surface area contributed by atoms with Crippen LogP contribution >= 0.6 is 0 Å². The van der Waals surface area contributed by atoms with Gasteiger partial charge in [0, 0.05) is 23.9 Å². The number of phenolic OH excluding ortho intramolecular Hbond substituents is 1. The van der Waals surface area contributed by atoms with Crippen LogP contribution in [0.3, 0.4) is 0 Å². The fraction of sp³-hybridized carbons (Fsp3) is 0.105. The van der Waals surface area contributed by atoms with Crippen molar-refractivity contribution in [1.82, 2.24) is 14.0 Å². The molecule has 25 heavy (non-hydrogen) atoms. The first-order valence-corrected chi connectivity index (χ1v) is 7.84. The Labute approximate surface area is 143 Å². The van der Waals surface area contributed by atoms with Crippen LogP contribution in [0.15, 0.2) is 60.9 Å². The number of hydrogen-bond acceptors (Lipinski definition) is 2. The van der Waals surface area contributed by atoms with Crippen LogP contribution in [0.2, 0.25) is 0 Å². The molecule has 1 atom stereocenters. The Hall–Kier alpha value is -2.99. The maximum Gasteiger partial charge on any atom is 0.319 e. The van der Waals surface area contributed by atoms with Crippen molar-refractivity contribution in [2.75, 3.05) is 7.05 Å². The average Bonchev–Trinajstić information content (AvgIpc) is 3.04. The highest BCUT2D eigenvalue weighted by molar-refractivity contribution is 5.65. The van der Waals surface area contributed by atoms with Crippen molar-refractivity contribution in [2.24, 2.45) is 0 Å². The molecule has 0 spiro atoms. The van der Waals surface area contributed by atoms with E-state index < -0.39 is 5.82 Å². The number of hydrogen-bond donors (Lipinski definition) is 1. The number of aromatic hydroxyl groups is 1. The second-order valence-corrected chi connectivity index (χ2v) is 6.18.